The molecule has 0 bridgehead atoms. The summed E-state index contributed by atoms with van der Waals surface area (Å²) in [4.78, 5) is 29.1. The molecule has 2 aromatic rings. The number of hydrogen-bond acceptors (Lipinski definition) is 4. The van der Waals surface area contributed by atoms with Gasteiger partial charge in [-0.05, 0) is 55.4 Å². The normalized spacial score (nSPS) is 15.3. The van der Waals surface area contributed by atoms with Gasteiger partial charge in [0.15, 0.2) is 0 Å². The fourth-order valence-electron chi connectivity index (χ4n) is 3.37. The molecule has 0 spiro atoms. The SMILES string of the molecule is CC1(NC(=O)c2cc(NC(=O)Cc3cc(C(C)(C)C)ccc3O)ccn2)CCC1. The summed E-state index contributed by atoms with van der Waals surface area (Å²) in [6, 6.07) is 8.57. The lowest BCUT2D eigenvalue weighted by atomic mass is 9.78. The van der Waals surface area contributed by atoms with E-state index in [0.29, 0.717) is 11.3 Å². The summed E-state index contributed by atoms with van der Waals surface area (Å²) in [6.07, 6.45) is 4.59. The Morgan fingerprint density at radius 1 is 1.17 bits per heavy atom. The Morgan fingerprint density at radius 2 is 1.90 bits per heavy atom. The third-order valence-corrected chi connectivity index (χ3v) is 5.45. The van der Waals surface area contributed by atoms with Crippen LogP contribution in [0.3, 0.4) is 0 Å². The van der Waals surface area contributed by atoms with Gasteiger partial charge in [0.25, 0.3) is 5.91 Å². The second-order valence-corrected chi connectivity index (χ2v) is 9.12. The molecule has 0 atom stereocenters. The first-order valence-electron chi connectivity index (χ1n) is 9.97. The number of phenols is 1. The minimum atomic E-state index is -0.269. The van der Waals surface area contributed by atoms with E-state index in [1.54, 1.807) is 18.2 Å². The van der Waals surface area contributed by atoms with E-state index in [0.717, 1.165) is 24.8 Å². The molecule has 6 nitrogen and oxygen atoms in total. The van der Waals surface area contributed by atoms with Crippen molar-refractivity contribution in [2.24, 2.45) is 0 Å². The Bertz CT molecular complexity index is 927. The van der Waals surface area contributed by atoms with Gasteiger partial charge in [-0.3, -0.25) is 14.6 Å². The van der Waals surface area contributed by atoms with E-state index in [9.17, 15) is 14.7 Å². The van der Waals surface area contributed by atoms with Gasteiger partial charge in [-0.2, -0.15) is 0 Å². The highest BCUT2D eigenvalue weighted by Crippen LogP contribution is 2.31. The third-order valence-electron chi connectivity index (χ3n) is 5.45. The summed E-state index contributed by atoms with van der Waals surface area (Å²) in [5, 5.41) is 15.9. The molecular weight excluding hydrogens is 366 g/mol. The fraction of sp³-hybridized carbons (Fsp3) is 0.435. The van der Waals surface area contributed by atoms with Gasteiger partial charge in [-0.25, -0.2) is 0 Å². The predicted molar refractivity (Wildman–Crippen MR) is 113 cm³/mol. The van der Waals surface area contributed by atoms with Gasteiger partial charge in [-0.15, -0.1) is 0 Å². The quantitative estimate of drug-likeness (QED) is 0.715. The smallest absolute Gasteiger partial charge is 0.270 e. The molecule has 2 amide bonds. The standard InChI is InChI=1S/C23H29N3O3/c1-22(2,3)16-6-7-19(27)15(12-16)13-20(28)25-17-8-11-24-18(14-17)21(29)26-23(4)9-5-10-23/h6-8,11-12,14,27H,5,9-10,13H2,1-4H3,(H,26,29)(H,24,25,28). The zero-order valence-electron chi connectivity index (χ0n) is 17.5. The van der Waals surface area contributed by atoms with Crippen molar-refractivity contribution in [2.45, 2.75) is 64.3 Å². The molecule has 0 unspecified atom stereocenters. The molecule has 1 heterocycles. The van der Waals surface area contributed by atoms with Crippen LogP contribution in [0.5, 0.6) is 5.75 Å². The summed E-state index contributed by atoms with van der Waals surface area (Å²) in [5.41, 5.74) is 2.15. The first kappa shape index (κ1) is 20.8. The van der Waals surface area contributed by atoms with Crippen molar-refractivity contribution in [2.75, 3.05) is 5.32 Å². The minimum Gasteiger partial charge on any atom is -0.508 e. The van der Waals surface area contributed by atoms with E-state index in [-0.39, 0.29) is 40.6 Å². The highest BCUT2D eigenvalue weighted by Gasteiger charge is 2.33. The number of nitrogens with zero attached hydrogens (tertiary/aromatic N) is 1. The fourth-order valence-corrected chi connectivity index (χ4v) is 3.37. The Hall–Kier alpha value is -2.89. The number of aromatic hydroxyl groups is 1. The summed E-state index contributed by atoms with van der Waals surface area (Å²) >= 11 is 0. The van der Waals surface area contributed by atoms with Gasteiger partial charge < -0.3 is 15.7 Å². The molecule has 0 aliphatic heterocycles. The van der Waals surface area contributed by atoms with Crippen molar-refractivity contribution in [3.8, 4) is 5.75 Å². The zero-order valence-corrected chi connectivity index (χ0v) is 17.5. The van der Waals surface area contributed by atoms with Crippen molar-refractivity contribution < 1.29 is 14.7 Å². The zero-order chi connectivity index (χ0) is 21.2. The second-order valence-electron chi connectivity index (χ2n) is 9.12. The van der Waals surface area contributed by atoms with Crippen LogP contribution in [0.2, 0.25) is 0 Å². The summed E-state index contributed by atoms with van der Waals surface area (Å²) in [5.74, 6) is -0.412. The number of carbonyl (C=O) groups is 2. The van der Waals surface area contributed by atoms with Crippen LogP contribution >= 0.6 is 0 Å². The van der Waals surface area contributed by atoms with E-state index in [1.165, 1.54) is 6.20 Å². The number of rotatable bonds is 5. The van der Waals surface area contributed by atoms with Crippen molar-refractivity contribution in [3.63, 3.8) is 0 Å². The predicted octanol–water partition coefficient (Wildman–Crippen LogP) is 3.94. The van der Waals surface area contributed by atoms with Crippen LogP contribution in [-0.4, -0.2) is 27.4 Å². The number of nitrogens with one attached hydrogen (secondary N) is 2. The van der Waals surface area contributed by atoms with Gasteiger partial charge in [0.2, 0.25) is 5.91 Å². The summed E-state index contributed by atoms with van der Waals surface area (Å²) in [7, 11) is 0. The monoisotopic (exact) mass is 395 g/mol. The highest BCUT2D eigenvalue weighted by molar-refractivity contribution is 5.96. The van der Waals surface area contributed by atoms with Gasteiger partial charge >= 0.3 is 0 Å². The molecule has 29 heavy (non-hydrogen) atoms. The molecule has 1 saturated carbocycles. The van der Waals surface area contributed by atoms with Crippen molar-refractivity contribution in [1.82, 2.24) is 10.3 Å². The molecule has 0 radical (unpaired) electrons. The van der Waals surface area contributed by atoms with Crippen LogP contribution in [0, 0.1) is 0 Å². The Morgan fingerprint density at radius 3 is 2.52 bits per heavy atom. The third kappa shape index (κ3) is 5.13. The maximum atomic E-state index is 12.5. The van der Waals surface area contributed by atoms with Crippen LogP contribution in [0.25, 0.3) is 0 Å². The molecule has 3 rings (SSSR count). The molecule has 1 aliphatic carbocycles. The van der Waals surface area contributed by atoms with E-state index >= 15 is 0 Å². The summed E-state index contributed by atoms with van der Waals surface area (Å²) in [6.45, 7) is 8.27. The minimum absolute atomic E-state index is 0.0394. The van der Waals surface area contributed by atoms with Crippen LogP contribution in [0.15, 0.2) is 36.5 Å². The lowest BCUT2D eigenvalue weighted by molar-refractivity contribution is -0.115. The van der Waals surface area contributed by atoms with Crippen LogP contribution < -0.4 is 10.6 Å². The topological polar surface area (TPSA) is 91.3 Å². The average molecular weight is 396 g/mol. The van der Waals surface area contributed by atoms with Crippen molar-refractivity contribution in [3.05, 3.63) is 53.3 Å². The van der Waals surface area contributed by atoms with Crippen LogP contribution in [-0.2, 0) is 16.6 Å². The lowest BCUT2D eigenvalue weighted by Gasteiger charge is -2.39. The average Bonchev–Trinajstić information content (AvgIpc) is 2.61. The Labute approximate surface area is 171 Å². The Balaban J connectivity index is 1.68. The molecule has 1 aromatic carbocycles. The van der Waals surface area contributed by atoms with E-state index in [4.69, 9.17) is 0 Å². The number of phenolic OH excluding ortho intramolecular Hbond substituents is 1. The van der Waals surface area contributed by atoms with Crippen molar-refractivity contribution >= 4 is 17.5 Å². The first-order chi connectivity index (χ1) is 13.6. The van der Waals surface area contributed by atoms with E-state index in [1.807, 2.05) is 19.1 Å². The second kappa shape index (κ2) is 7.85. The number of hydrogen-bond donors (Lipinski definition) is 3. The number of benzene rings is 1. The highest BCUT2D eigenvalue weighted by atomic mass is 16.3. The van der Waals surface area contributed by atoms with E-state index < -0.39 is 0 Å². The van der Waals surface area contributed by atoms with Gasteiger partial charge in [-0.1, -0.05) is 32.9 Å². The molecule has 6 heteroatoms. The molecule has 1 aliphatic rings. The van der Waals surface area contributed by atoms with Crippen LogP contribution in [0.4, 0.5) is 5.69 Å². The number of pyridine rings is 1. The van der Waals surface area contributed by atoms with Gasteiger partial charge in [0.05, 0.1) is 6.42 Å². The summed E-state index contributed by atoms with van der Waals surface area (Å²) < 4.78 is 0. The molecule has 1 fully saturated rings. The van der Waals surface area contributed by atoms with E-state index in [2.05, 4.69) is 36.4 Å². The number of carbonyl (C=O) groups excluding carboxylic acids is 2. The van der Waals surface area contributed by atoms with Crippen LogP contribution in [0.1, 0.15) is 68.6 Å². The Kier molecular flexibility index (Phi) is 5.64. The maximum absolute atomic E-state index is 12.5. The molecule has 0 saturated heterocycles. The lowest BCUT2D eigenvalue weighted by Crippen LogP contribution is -2.51. The largest absolute Gasteiger partial charge is 0.508 e. The maximum Gasteiger partial charge on any atom is 0.270 e. The first-order valence-corrected chi connectivity index (χ1v) is 9.97. The number of anilines is 1. The molecule has 154 valence electrons. The number of amides is 2. The molecule has 3 N–H and O–H groups in total. The van der Waals surface area contributed by atoms with Crippen molar-refractivity contribution in [1.29, 1.82) is 0 Å². The number of aromatic nitrogens is 1. The molecule has 1 aromatic heterocycles. The van der Waals surface area contributed by atoms with Gasteiger partial charge in [0, 0.05) is 23.0 Å². The molecular formula is C23H29N3O3. The van der Waals surface area contributed by atoms with Gasteiger partial charge in [0.1, 0.15) is 11.4 Å².